The van der Waals surface area contributed by atoms with Crippen LogP contribution in [0.2, 0.25) is 0 Å². The molecular weight excluding hydrogens is 198 g/mol. The molecule has 5 heteroatoms. The Hall–Kier alpha value is -1.10. The second kappa shape index (κ2) is 3.20. The lowest BCUT2D eigenvalue weighted by molar-refractivity contribution is -0.140. The molecule has 0 aromatic heterocycles. The zero-order valence-corrected chi connectivity index (χ0v) is 8.82. The fraction of sp³-hybridized carbons (Fsp3) is 0.800. The third kappa shape index (κ3) is 1.61. The molecule has 1 saturated carbocycles. The highest BCUT2D eigenvalue weighted by Gasteiger charge is 2.66. The Bertz CT molecular complexity index is 309. The Morgan fingerprint density at radius 3 is 2.27 bits per heavy atom. The number of hydrogen-bond donors (Lipinski definition) is 2. The number of aliphatic carboxylic acids is 1. The zero-order valence-electron chi connectivity index (χ0n) is 8.82. The van der Waals surface area contributed by atoms with Gasteiger partial charge >= 0.3 is 5.97 Å². The summed E-state index contributed by atoms with van der Waals surface area (Å²) in [5.41, 5.74) is -0.416. The highest BCUT2D eigenvalue weighted by molar-refractivity contribution is 5.91. The van der Waals surface area contributed by atoms with E-state index in [9.17, 15) is 9.59 Å². The van der Waals surface area contributed by atoms with Crippen molar-refractivity contribution < 1.29 is 19.4 Å². The van der Waals surface area contributed by atoms with Crippen molar-refractivity contribution in [1.82, 2.24) is 5.32 Å². The quantitative estimate of drug-likeness (QED) is 0.684. The van der Waals surface area contributed by atoms with Gasteiger partial charge in [0.15, 0.2) is 0 Å². The van der Waals surface area contributed by atoms with Gasteiger partial charge in [-0.3, -0.25) is 9.59 Å². The molecule has 2 N–H and O–H groups in total. The van der Waals surface area contributed by atoms with E-state index in [1.807, 2.05) is 13.8 Å². The summed E-state index contributed by atoms with van der Waals surface area (Å²) in [7, 11) is 0. The third-order valence-corrected chi connectivity index (χ3v) is 3.36. The lowest BCUT2D eigenvalue weighted by Gasteiger charge is -2.27. The largest absolute Gasteiger partial charge is 0.481 e. The fourth-order valence-corrected chi connectivity index (χ4v) is 2.20. The van der Waals surface area contributed by atoms with Crippen LogP contribution in [0.15, 0.2) is 0 Å². The van der Waals surface area contributed by atoms with Gasteiger partial charge in [0.1, 0.15) is 0 Å². The van der Waals surface area contributed by atoms with E-state index in [4.69, 9.17) is 9.84 Å². The van der Waals surface area contributed by atoms with E-state index in [2.05, 4.69) is 5.32 Å². The van der Waals surface area contributed by atoms with Crippen LogP contribution >= 0.6 is 0 Å². The van der Waals surface area contributed by atoms with Gasteiger partial charge in [-0.05, 0) is 5.41 Å². The van der Waals surface area contributed by atoms with Crippen molar-refractivity contribution in [2.75, 3.05) is 13.2 Å². The molecule has 15 heavy (non-hydrogen) atoms. The van der Waals surface area contributed by atoms with Crippen LogP contribution in [-0.2, 0) is 14.3 Å². The lowest BCUT2D eigenvalue weighted by atomic mass is 10.1. The number of carbonyl (C=O) groups excluding carboxylic acids is 1. The van der Waals surface area contributed by atoms with Crippen molar-refractivity contribution in [2.45, 2.75) is 19.9 Å². The number of carbonyl (C=O) groups is 2. The summed E-state index contributed by atoms with van der Waals surface area (Å²) in [5.74, 6) is -1.97. The zero-order chi connectivity index (χ0) is 11.2. The average molecular weight is 213 g/mol. The molecule has 2 rings (SSSR count). The van der Waals surface area contributed by atoms with Crippen molar-refractivity contribution in [3.05, 3.63) is 0 Å². The Labute approximate surface area is 87.8 Å². The highest BCUT2D eigenvalue weighted by atomic mass is 16.5. The SMILES string of the molecule is CC1(C)C(C(=O)O)C1C(=O)NC1COC1. The molecule has 0 radical (unpaired) electrons. The Morgan fingerprint density at radius 2 is 1.93 bits per heavy atom. The smallest absolute Gasteiger partial charge is 0.307 e. The van der Waals surface area contributed by atoms with E-state index >= 15 is 0 Å². The van der Waals surface area contributed by atoms with E-state index in [-0.39, 0.29) is 11.9 Å². The maximum absolute atomic E-state index is 11.7. The molecule has 1 aliphatic carbocycles. The monoisotopic (exact) mass is 213 g/mol. The van der Waals surface area contributed by atoms with Crippen LogP contribution in [0, 0.1) is 17.3 Å². The van der Waals surface area contributed by atoms with Crippen molar-refractivity contribution >= 4 is 11.9 Å². The van der Waals surface area contributed by atoms with Gasteiger partial charge in [-0.1, -0.05) is 13.8 Å². The van der Waals surface area contributed by atoms with E-state index in [1.165, 1.54) is 0 Å². The molecule has 1 heterocycles. The van der Waals surface area contributed by atoms with Crippen molar-refractivity contribution in [1.29, 1.82) is 0 Å². The molecule has 0 aromatic rings. The molecule has 2 unspecified atom stereocenters. The third-order valence-electron chi connectivity index (χ3n) is 3.36. The van der Waals surface area contributed by atoms with Gasteiger partial charge < -0.3 is 15.2 Å². The average Bonchev–Trinajstić information content (AvgIpc) is 2.61. The first-order valence-corrected chi connectivity index (χ1v) is 5.05. The van der Waals surface area contributed by atoms with Crippen molar-refractivity contribution in [2.24, 2.45) is 17.3 Å². The number of rotatable bonds is 3. The minimum Gasteiger partial charge on any atom is -0.481 e. The highest BCUT2D eigenvalue weighted by Crippen LogP contribution is 2.58. The number of hydrogen-bond acceptors (Lipinski definition) is 3. The molecule has 0 bridgehead atoms. The Morgan fingerprint density at radius 1 is 1.33 bits per heavy atom. The first-order valence-electron chi connectivity index (χ1n) is 5.05. The van der Waals surface area contributed by atoms with Gasteiger partial charge in [0.25, 0.3) is 0 Å². The van der Waals surface area contributed by atoms with E-state index in [0.717, 1.165) is 0 Å². The standard InChI is InChI=1S/C10H15NO4/c1-10(2)6(7(10)9(13)14)8(12)11-5-3-15-4-5/h5-7H,3-4H2,1-2H3,(H,11,12)(H,13,14). The van der Waals surface area contributed by atoms with Gasteiger partial charge in [-0.15, -0.1) is 0 Å². The van der Waals surface area contributed by atoms with Gasteiger partial charge in [-0.25, -0.2) is 0 Å². The van der Waals surface area contributed by atoms with Crippen LogP contribution in [0.25, 0.3) is 0 Å². The first-order chi connectivity index (χ1) is 6.94. The number of ether oxygens (including phenoxy) is 1. The predicted molar refractivity (Wildman–Crippen MR) is 51.1 cm³/mol. The summed E-state index contributed by atoms with van der Waals surface area (Å²) < 4.78 is 4.93. The van der Waals surface area contributed by atoms with Crippen LogP contribution in [-0.4, -0.2) is 36.2 Å². The second-order valence-electron chi connectivity index (χ2n) is 4.86. The predicted octanol–water partition coefficient (Wildman–Crippen LogP) is -0.142. The fourth-order valence-electron chi connectivity index (χ4n) is 2.20. The number of carboxylic acid groups (broad SMARTS) is 1. The summed E-state index contributed by atoms with van der Waals surface area (Å²) in [4.78, 5) is 22.6. The number of nitrogens with one attached hydrogen (secondary N) is 1. The second-order valence-corrected chi connectivity index (χ2v) is 4.86. The lowest BCUT2D eigenvalue weighted by Crippen LogP contribution is -2.49. The van der Waals surface area contributed by atoms with Crippen LogP contribution in [0.3, 0.4) is 0 Å². The van der Waals surface area contributed by atoms with Crippen molar-refractivity contribution in [3.63, 3.8) is 0 Å². The minimum atomic E-state index is -0.884. The minimum absolute atomic E-state index is 0.0725. The molecule has 1 saturated heterocycles. The summed E-state index contributed by atoms with van der Waals surface area (Å²) in [6.45, 7) is 4.70. The van der Waals surface area contributed by atoms with Gasteiger partial charge in [0.2, 0.25) is 5.91 Å². The normalized spacial score (nSPS) is 32.9. The Kier molecular flexibility index (Phi) is 2.22. The molecule has 1 amide bonds. The van der Waals surface area contributed by atoms with Gasteiger partial charge in [0, 0.05) is 0 Å². The van der Waals surface area contributed by atoms with Gasteiger partial charge in [0.05, 0.1) is 31.1 Å². The molecule has 1 aliphatic heterocycles. The van der Waals surface area contributed by atoms with E-state index < -0.39 is 23.2 Å². The van der Waals surface area contributed by atoms with Crippen LogP contribution in [0.4, 0.5) is 0 Å². The van der Waals surface area contributed by atoms with E-state index in [0.29, 0.717) is 13.2 Å². The molecule has 2 atom stereocenters. The topological polar surface area (TPSA) is 75.6 Å². The van der Waals surface area contributed by atoms with Crippen LogP contribution < -0.4 is 5.32 Å². The van der Waals surface area contributed by atoms with Crippen molar-refractivity contribution in [3.8, 4) is 0 Å². The van der Waals surface area contributed by atoms with Crippen LogP contribution in [0.5, 0.6) is 0 Å². The van der Waals surface area contributed by atoms with Gasteiger partial charge in [-0.2, -0.15) is 0 Å². The summed E-state index contributed by atoms with van der Waals surface area (Å²) in [5, 5.41) is 11.7. The first kappa shape index (κ1) is 10.4. The molecule has 0 aromatic carbocycles. The molecule has 2 aliphatic rings. The molecule has 0 spiro atoms. The molecule has 84 valence electrons. The number of carboxylic acids is 1. The molecule has 2 fully saturated rings. The summed E-state index contributed by atoms with van der Waals surface area (Å²) >= 11 is 0. The Balaban J connectivity index is 1.94. The maximum atomic E-state index is 11.7. The maximum Gasteiger partial charge on any atom is 0.307 e. The molecule has 5 nitrogen and oxygen atoms in total. The van der Waals surface area contributed by atoms with E-state index in [1.54, 1.807) is 0 Å². The summed E-state index contributed by atoms with van der Waals surface area (Å²) in [6.07, 6.45) is 0. The van der Waals surface area contributed by atoms with Crippen LogP contribution in [0.1, 0.15) is 13.8 Å². The summed E-state index contributed by atoms with van der Waals surface area (Å²) in [6, 6.07) is 0.0725. The number of amides is 1. The molecular formula is C10H15NO4.